The average Bonchev–Trinajstić information content (AvgIpc) is 3.21. The third-order valence-corrected chi connectivity index (χ3v) is 5.78. The minimum absolute atomic E-state index is 0.0106. The van der Waals surface area contributed by atoms with Crippen molar-refractivity contribution < 1.29 is 23.9 Å². The molecule has 0 radical (unpaired) electrons. The fourth-order valence-corrected chi connectivity index (χ4v) is 4.07. The SMILES string of the molecule is CC(C)(C)OC(=O)N1CCC(CC(=O)N2CCC(NC(=O)OCc3ccccc3)CC2)C1. The number of benzene rings is 1. The van der Waals surface area contributed by atoms with Crippen molar-refractivity contribution >= 4 is 18.1 Å². The van der Waals surface area contributed by atoms with Crippen molar-refractivity contribution in [2.75, 3.05) is 26.2 Å². The summed E-state index contributed by atoms with van der Waals surface area (Å²) in [5.74, 6) is 0.282. The van der Waals surface area contributed by atoms with Crippen molar-refractivity contribution in [1.82, 2.24) is 15.1 Å². The number of nitrogens with zero attached hydrogens (tertiary/aromatic N) is 2. The highest BCUT2D eigenvalue weighted by Gasteiger charge is 2.32. The van der Waals surface area contributed by atoms with Crippen LogP contribution in [-0.2, 0) is 20.9 Å². The summed E-state index contributed by atoms with van der Waals surface area (Å²) in [4.78, 5) is 40.5. The Morgan fingerprint density at radius 3 is 2.31 bits per heavy atom. The number of carbonyl (C=O) groups excluding carboxylic acids is 3. The van der Waals surface area contributed by atoms with E-state index in [-0.39, 0.29) is 30.6 Å². The summed E-state index contributed by atoms with van der Waals surface area (Å²) < 4.78 is 10.7. The molecule has 1 atom stereocenters. The Morgan fingerprint density at radius 1 is 1.00 bits per heavy atom. The molecule has 176 valence electrons. The van der Waals surface area contributed by atoms with Gasteiger partial charge in [0.05, 0.1) is 0 Å². The molecule has 8 heteroatoms. The number of piperidine rings is 1. The molecule has 3 amide bonds. The van der Waals surface area contributed by atoms with Crippen LogP contribution in [-0.4, -0.2) is 65.7 Å². The zero-order valence-electron chi connectivity index (χ0n) is 19.3. The number of hydrogen-bond donors (Lipinski definition) is 1. The normalized spacial score (nSPS) is 19.5. The average molecular weight is 446 g/mol. The predicted octanol–water partition coefficient (Wildman–Crippen LogP) is 3.55. The Bertz CT molecular complexity index is 785. The van der Waals surface area contributed by atoms with Gasteiger partial charge < -0.3 is 24.6 Å². The van der Waals surface area contributed by atoms with Crippen LogP contribution in [0.1, 0.15) is 52.0 Å². The minimum atomic E-state index is -0.517. The fourth-order valence-electron chi connectivity index (χ4n) is 4.07. The Kier molecular flexibility index (Phi) is 7.99. The van der Waals surface area contributed by atoms with Crippen molar-refractivity contribution in [2.45, 2.75) is 64.7 Å². The van der Waals surface area contributed by atoms with Gasteiger partial charge in [-0.2, -0.15) is 0 Å². The summed E-state index contributed by atoms with van der Waals surface area (Å²) >= 11 is 0. The van der Waals surface area contributed by atoms with E-state index in [0.717, 1.165) is 12.0 Å². The molecule has 0 bridgehead atoms. The van der Waals surface area contributed by atoms with Crippen LogP contribution >= 0.6 is 0 Å². The van der Waals surface area contributed by atoms with Crippen LogP contribution in [0.2, 0.25) is 0 Å². The summed E-state index contributed by atoms with van der Waals surface area (Å²) in [5.41, 5.74) is 0.428. The van der Waals surface area contributed by atoms with Crippen molar-refractivity contribution in [3.05, 3.63) is 35.9 Å². The molecular formula is C24H35N3O5. The molecule has 2 saturated heterocycles. The standard InChI is InChI=1S/C24H35N3O5/c1-24(2,3)32-23(30)27-12-9-19(16-27)15-21(28)26-13-10-20(11-14-26)25-22(29)31-17-18-7-5-4-6-8-18/h4-8,19-20H,9-17H2,1-3H3,(H,25,29). The first-order valence-corrected chi connectivity index (χ1v) is 11.4. The maximum atomic E-state index is 12.7. The largest absolute Gasteiger partial charge is 0.445 e. The highest BCUT2D eigenvalue weighted by Crippen LogP contribution is 2.23. The van der Waals surface area contributed by atoms with Gasteiger partial charge in [0, 0.05) is 38.6 Å². The van der Waals surface area contributed by atoms with Crippen molar-refractivity contribution in [1.29, 1.82) is 0 Å². The van der Waals surface area contributed by atoms with Crippen LogP contribution in [0.4, 0.5) is 9.59 Å². The predicted molar refractivity (Wildman–Crippen MR) is 120 cm³/mol. The summed E-state index contributed by atoms with van der Waals surface area (Å²) in [5, 5.41) is 2.90. The molecule has 1 aromatic carbocycles. The second-order valence-electron chi connectivity index (χ2n) is 9.65. The quantitative estimate of drug-likeness (QED) is 0.749. The lowest BCUT2D eigenvalue weighted by Gasteiger charge is -2.32. The van der Waals surface area contributed by atoms with E-state index in [1.54, 1.807) is 4.90 Å². The number of hydrogen-bond acceptors (Lipinski definition) is 5. The van der Waals surface area contributed by atoms with Gasteiger partial charge in [-0.3, -0.25) is 4.79 Å². The molecule has 1 aromatic rings. The molecule has 3 rings (SSSR count). The van der Waals surface area contributed by atoms with Gasteiger partial charge in [-0.1, -0.05) is 30.3 Å². The van der Waals surface area contributed by atoms with Gasteiger partial charge in [-0.05, 0) is 51.5 Å². The molecule has 1 unspecified atom stereocenters. The molecule has 0 aliphatic carbocycles. The number of carbonyl (C=O) groups is 3. The first kappa shape index (κ1) is 23.9. The zero-order valence-corrected chi connectivity index (χ0v) is 19.3. The molecular weight excluding hydrogens is 410 g/mol. The van der Waals surface area contributed by atoms with E-state index in [9.17, 15) is 14.4 Å². The molecule has 2 heterocycles. The van der Waals surface area contributed by atoms with Gasteiger partial charge in [-0.25, -0.2) is 9.59 Å². The van der Waals surface area contributed by atoms with Crippen molar-refractivity contribution in [2.24, 2.45) is 5.92 Å². The summed E-state index contributed by atoms with van der Waals surface area (Å²) in [6.07, 6.45) is 1.94. The summed E-state index contributed by atoms with van der Waals surface area (Å²) in [6.45, 7) is 8.22. The van der Waals surface area contributed by atoms with Crippen LogP contribution < -0.4 is 5.32 Å². The summed E-state index contributed by atoms with van der Waals surface area (Å²) in [6, 6.07) is 9.57. The Labute approximate surface area is 190 Å². The van der Waals surface area contributed by atoms with E-state index >= 15 is 0 Å². The number of alkyl carbamates (subject to hydrolysis) is 1. The number of likely N-dealkylation sites (tertiary alicyclic amines) is 2. The molecule has 0 aromatic heterocycles. The third kappa shape index (κ3) is 7.43. The topological polar surface area (TPSA) is 88.2 Å². The van der Waals surface area contributed by atoms with Gasteiger partial charge >= 0.3 is 12.2 Å². The van der Waals surface area contributed by atoms with Gasteiger partial charge in [0.15, 0.2) is 0 Å². The van der Waals surface area contributed by atoms with Gasteiger partial charge in [0.2, 0.25) is 5.91 Å². The van der Waals surface area contributed by atoms with E-state index in [1.165, 1.54) is 0 Å². The molecule has 2 fully saturated rings. The third-order valence-electron chi connectivity index (χ3n) is 5.78. The maximum absolute atomic E-state index is 12.7. The molecule has 2 aliphatic rings. The van der Waals surface area contributed by atoms with Crippen molar-refractivity contribution in [3.8, 4) is 0 Å². The highest BCUT2D eigenvalue weighted by atomic mass is 16.6. The van der Waals surface area contributed by atoms with E-state index < -0.39 is 11.7 Å². The number of amides is 3. The lowest BCUT2D eigenvalue weighted by atomic mass is 10.0. The molecule has 0 saturated carbocycles. The van der Waals surface area contributed by atoms with Gasteiger partial charge in [0.25, 0.3) is 0 Å². The second-order valence-corrected chi connectivity index (χ2v) is 9.65. The van der Waals surface area contributed by atoms with Gasteiger partial charge in [0.1, 0.15) is 12.2 Å². The van der Waals surface area contributed by atoms with E-state index in [4.69, 9.17) is 9.47 Å². The highest BCUT2D eigenvalue weighted by molar-refractivity contribution is 5.77. The fraction of sp³-hybridized carbons (Fsp3) is 0.625. The zero-order chi connectivity index (χ0) is 23.1. The number of rotatable bonds is 5. The molecule has 2 aliphatic heterocycles. The van der Waals surface area contributed by atoms with Crippen LogP contribution in [0.25, 0.3) is 0 Å². The van der Waals surface area contributed by atoms with E-state index in [1.807, 2.05) is 56.0 Å². The Balaban J connectivity index is 1.34. The summed E-state index contributed by atoms with van der Waals surface area (Å²) in [7, 11) is 0. The van der Waals surface area contributed by atoms with Crippen LogP contribution in [0.5, 0.6) is 0 Å². The monoisotopic (exact) mass is 445 g/mol. The number of nitrogens with one attached hydrogen (secondary N) is 1. The van der Waals surface area contributed by atoms with Crippen LogP contribution in [0.3, 0.4) is 0 Å². The molecule has 32 heavy (non-hydrogen) atoms. The molecule has 0 spiro atoms. The first-order chi connectivity index (χ1) is 15.2. The van der Waals surface area contributed by atoms with Crippen molar-refractivity contribution in [3.63, 3.8) is 0 Å². The Hall–Kier alpha value is -2.77. The number of ether oxygens (including phenoxy) is 2. The Morgan fingerprint density at radius 2 is 1.66 bits per heavy atom. The van der Waals surface area contributed by atoms with E-state index in [0.29, 0.717) is 45.4 Å². The van der Waals surface area contributed by atoms with Crippen LogP contribution in [0.15, 0.2) is 30.3 Å². The lowest BCUT2D eigenvalue weighted by molar-refractivity contribution is -0.133. The lowest BCUT2D eigenvalue weighted by Crippen LogP contribution is -2.47. The minimum Gasteiger partial charge on any atom is -0.445 e. The first-order valence-electron chi connectivity index (χ1n) is 11.4. The smallest absolute Gasteiger partial charge is 0.410 e. The van der Waals surface area contributed by atoms with E-state index in [2.05, 4.69) is 5.32 Å². The maximum Gasteiger partial charge on any atom is 0.410 e. The second kappa shape index (κ2) is 10.7. The van der Waals surface area contributed by atoms with Crippen LogP contribution in [0, 0.1) is 5.92 Å². The molecule has 1 N–H and O–H groups in total. The van der Waals surface area contributed by atoms with Gasteiger partial charge in [-0.15, -0.1) is 0 Å². The molecule has 8 nitrogen and oxygen atoms in total.